The van der Waals surface area contributed by atoms with Crippen molar-refractivity contribution in [2.24, 2.45) is 0 Å². The van der Waals surface area contributed by atoms with E-state index in [1.165, 1.54) is 42.7 Å². The number of nitrogens with one attached hydrogen (secondary N) is 2. The molecule has 0 radical (unpaired) electrons. The number of carbonyl (C=O) groups is 1. The Balaban J connectivity index is 1.77. The molecule has 0 aliphatic carbocycles. The molecule has 1 amide bonds. The van der Waals surface area contributed by atoms with Gasteiger partial charge in [-0.1, -0.05) is 18.2 Å². The van der Waals surface area contributed by atoms with Crippen molar-refractivity contribution >= 4 is 28.9 Å². The molecule has 0 spiro atoms. The third-order valence-electron chi connectivity index (χ3n) is 4.04. The molecule has 1 heterocycles. The van der Waals surface area contributed by atoms with E-state index < -0.39 is 17.6 Å². The molecule has 2 aromatic carbocycles. The largest absolute Gasteiger partial charge is 0.416 e. The van der Waals surface area contributed by atoms with Crippen molar-refractivity contribution in [3.8, 4) is 0 Å². The SMILES string of the molecule is N=C(c1ccc(NC(=O)c2cccc(C(F)(F)F)c2)cc1)c1c(N)ncnc1N. The van der Waals surface area contributed by atoms with Gasteiger partial charge in [-0.05, 0) is 30.3 Å². The van der Waals surface area contributed by atoms with E-state index in [0.29, 0.717) is 11.3 Å². The Morgan fingerprint density at radius 3 is 2.17 bits per heavy atom. The second-order valence-corrected chi connectivity index (χ2v) is 6.00. The van der Waals surface area contributed by atoms with Crippen molar-refractivity contribution in [1.29, 1.82) is 5.41 Å². The van der Waals surface area contributed by atoms with Crippen LogP contribution in [0.2, 0.25) is 0 Å². The first-order chi connectivity index (χ1) is 13.7. The van der Waals surface area contributed by atoms with Gasteiger partial charge in [-0.25, -0.2) is 9.97 Å². The van der Waals surface area contributed by atoms with Crippen LogP contribution in [0.4, 0.5) is 30.5 Å². The van der Waals surface area contributed by atoms with Gasteiger partial charge in [0.25, 0.3) is 5.91 Å². The van der Waals surface area contributed by atoms with Crippen molar-refractivity contribution in [2.75, 3.05) is 16.8 Å². The van der Waals surface area contributed by atoms with Crippen LogP contribution in [0, 0.1) is 5.41 Å². The molecule has 10 heteroatoms. The summed E-state index contributed by atoms with van der Waals surface area (Å²) in [5.41, 5.74) is 11.4. The number of halogens is 3. The summed E-state index contributed by atoms with van der Waals surface area (Å²) < 4.78 is 38.4. The van der Waals surface area contributed by atoms with Gasteiger partial charge < -0.3 is 16.8 Å². The van der Waals surface area contributed by atoms with Crippen molar-refractivity contribution in [3.63, 3.8) is 0 Å². The highest BCUT2D eigenvalue weighted by atomic mass is 19.4. The van der Waals surface area contributed by atoms with Crippen LogP contribution in [-0.2, 0) is 6.18 Å². The topological polar surface area (TPSA) is 131 Å². The molecule has 0 aliphatic rings. The van der Waals surface area contributed by atoms with Crippen molar-refractivity contribution in [1.82, 2.24) is 9.97 Å². The highest BCUT2D eigenvalue weighted by Crippen LogP contribution is 2.29. The zero-order valence-corrected chi connectivity index (χ0v) is 14.8. The van der Waals surface area contributed by atoms with E-state index in [0.717, 1.165) is 12.1 Å². The summed E-state index contributed by atoms with van der Waals surface area (Å²) >= 11 is 0. The Labute approximate surface area is 163 Å². The normalized spacial score (nSPS) is 11.1. The molecule has 0 aliphatic heterocycles. The van der Waals surface area contributed by atoms with Crippen LogP contribution in [0.3, 0.4) is 0 Å². The number of rotatable bonds is 4. The summed E-state index contributed by atoms with van der Waals surface area (Å²) in [4.78, 5) is 19.9. The summed E-state index contributed by atoms with van der Waals surface area (Å²) in [5, 5.41) is 10.8. The van der Waals surface area contributed by atoms with Gasteiger partial charge in [-0.15, -0.1) is 0 Å². The smallest absolute Gasteiger partial charge is 0.383 e. The van der Waals surface area contributed by atoms with E-state index in [4.69, 9.17) is 16.9 Å². The molecule has 0 bridgehead atoms. The molecule has 0 saturated heterocycles. The number of benzene rings is 2. The Morgan fingerprint density at radius 2 is 1.59 bits per heavy atom. The molecule has 148 valence electrons. The Bertz CT molecular complexity index is 1060. The molecule has 1 aromatic heterocycles. The molecule has 0 atom stereocenters. The number of aromatic nitrogens is 2. The van der Waals surface area contributed by atoms with Gasteiger partial charge in [0.15, 0.2) is 0 Å². The van der Waals surface area contributed by atoms with E-state index in [2.05, 4.69) is 15.3 Å². The second kappa shape index (κ2) is 7.58. The molecular weight excluding hydrogens is 385 g/mol. The first kappa shape index (κ1) is 19.8. The molecule has 3 aromatic rings. The van der Waals surface area contributed by atoms with Crippen LogP contribution >= 0.6 is 0 Å². The standard InChI is InChI=1S/C19H15F3N6O/c20-19(21,22)12-3-1-2-11(8-12)18(29)28-13-6-4-10(5-7-13)15(23)14-16(24)26-9-27-17(14)25/h1-9,23H,(H,28,29)(H4,24,25,26,27). The lowest BCUT2D eigenvalue weighted by molar-refractivity contribution is -0.137. The van der Waals surface area contributed by atoms with Crippen LogP contribution in [-0.4, -0.2) is 21.6 Å². The number of nitrogens with two attached hydrogens (primary N) is 2. The number of nitrogen functional groups attached to an aromatic ring is 2. The van der Waals surface area contributed by atoms with Gasteiger partial charge in [0.2, 0.25) is 0 Å². The molecule has 6 N–H and O–H groups in total. The van der Waals surface area contributed by atoms with E-state index in [1.807, 2.05) is 0 Å². The van der Waals surface area contributed by atoms with Crippen LogP contribution in [0.15, 0.2) is 54.9 Å². The number of hydrogen-bond donors (Lipinski definition) is 4. The Morgan fingerprint density at radius 1 is 0.966 bits per heavy atom. The number of alkyl halides is 3. The lowest BCUT2D eigenvalue weighted by Gasteiger charge is -2.11. The molecule has 0 saturated carbocycles. The van der Waals surface area contributed by atoms with Gasteiger partial charge in [0, 0.05) is 16.8 Å². The lowest BCUT2D eigenvalue weighted by Crippen LogP contribution is -2.14. The summed E-state index contributed by atoms with van der Waals surface area (Å²) in [6.07, 6.45) is -3.35. The van der Waals surface area contributed by atoms with Crippen LogP contribution < -0.4 is 16.8 Å². The average molecular weight is 400 g/mol. The van der Waals surface area contributed by atoms with E-state index in [-0.39, 0.29) is 28.5 Å². The second-order valence-electron chi connectivity index (χ2n) is 6.00. The fourth-order valence-corrected chi connectivity index (χ4v) is 2.57. The van der Waals surface area contributed by atoms with E-state index >= 15 is 0 Å². The minimum Gasteiger partial charge on any atom is -0.383 e. The number of nitrogens with zero attached hydrogens (tertiary/aromatic N) is 2. The minimum absolute atomic E-state index is 0.00338. The summed E-state index contributed by atoms with van der Waals surface area (Å²) in [6.45, 7) is 0. The number of anilines is 3. The summed E-state index contributed by atoms with van der Waals surface area (Å²) in [7, 11) is 0. The van der Waals surface area contributed by atoms with Gasteiger partial charge >= 0.3 is 6.18 Å². The molecule has 0 unspecified atom stereocenters. The van der Waals surface area contributed by atoms with E-state index in [1.54, 1.807) is 0 Å². The molecular formula is C19H15F3N6O. The molecule has 0 fully saturated rings. The van der Waals surface area contributed by atoms with Crippen molar-refractivity contribution < 1.29 is 18.0 Å². The maximum Gasteiger partial charge on any atom is 0.416 e. The Kier molecular flexibility index (Phi) is 5.18. The predicted octanol–water partition coefficient (Wildman–Crippen LogP) is 3.33. The first-order valence-electron chi connectivity index (χ1n) is 8.20. The minimum atomic E-state index is -4.54. The van der Waals surface area contributed by atoms with Gasteiger partial charge in [-0.3, -0.25) is 10.2 Å². The Hall–Kier alpha value is -3.95. The quantitative estimate of drug-likeness (QED) is 0.499. The third-order valence-corrected chi connectivity index (χ3v) is 4.04. The molecule has 29 heavy (non-hydrogen) atoms. The summed E-state index contributed by atoms with van der Waals surface area (Å²) in [5.74, 6) is -0.572. The first-order valence-corrected chi connectivity index (χ1v) is 8.20. The zero-order chi connectivity index (χ0) is 21.2. The summed E-state index contributed by atoms with van der Waals surface area (Å²) in [6, 6.07) is 10.2. The monoisotopic (exact) mass is 400 g/mol. The van der Waals surface area contributed by atoms with Gasteiger partial charge in [0.05, 0.1) is 16.8 Å². The van der Waals surface area contributed by atoms with E-state index in [9.17, 15) is 18.0 Å². The third kappa shape index (κ3) is 4.32. The molecule has 7 nitrogen and oxygen atoms in total. The zero-order valence-electron chi connectivity index (χ0n) is 14.8. The maximum absolute atomic E-state index is 12.8. The van der Waals surface area contributed by atoms with Crippen molar-refractivity contribution in [2.45, 2.75) is 6.18 Å². The highest BCUT2D eigenvalue weighted by Gasteiger charge is 2.30. The van der Waals surface area contributed by atoms with Crippen LogP contribution in [0.25, 0.3) is 0 Å². The highest BCUT2D eigenvalue weighted by molar-refractivity contribution is 6.16. The average Bonchev–Trinajstić information content (AvgIpc) is 2.68. The van der Waals surface area contributed by atoms with Crippen LogP contribution in [0.5, 0.6) is 0 Å². The number of hydrogen-bond acceptors (Lipinski definition) is 6. The van der Waals surface area contributed by atoms with Crippen molar-refractivity contribution in [3.05, 3.63) is 77.1 Å². The maximum atomic E-state index is 12.8. The lowest BCUT2D eigenvalue weighted by atomic mass is 10.0. The molecule has 3 rings (SSSR count). The fraction of sp³-hybridized carbons (Fsp3) is 0.0526. The van der Waals surface area contributed by atoms with Gasteiger partial charge in [-0.2, -0.15) is 13.2 Å². The fourth-order valence-electron chi connectivity index (χ4n) is 2.57. The number of amides is 1. The van der Waals surface area contributed by atoms with Gasteiger partial charge in [0.1, 0.15) is 18.0 Å². The van der Waals surface area contributed by atoms with Crippen LogP contribution in [0.1, 0.15) is 27.0 Å². The predicted molar refractivity (Wildman–Crippen MR) is 103 cm³/mol. The number of carbonyl (C=O) groups excluding carboxylic acids is 1.